The second-order valence-corrected chi connectivity index (χ2v) is 19.0. The zero-order valence-electron chi connectivity index (χ0n) is 34.6. The molecule has 0 amide bonds. The summed E-state index contributed by atoms with van der Waals surface area (Å²) in [5, 5.41) is 48.4. The van der Waals surface area contributed by atoms with Crippen molar-refractivity contribution in [1.29, 1.82) is 0 Å². The van der Waals surface area contributed by atoms with Gasteiger partial charge < -0.3 is 35.8 Å². The van der Waals surface area contributed by atoms with Crippen molar-refractivity contribution < 1.29 is 45.4 Å². The van der Waals surface area contributed by atoms with Crippen LogP contribution in [0, 0.1) is 71.6 Å². The first-order valence-corrected chi connectivity index (χ1v) is 22.8. The highest BCUT2D eigenvalue weighted by Crippen LogP contribution is 2.42. The van der Waals surface area contributed by atoms with Gasteiger partial charge in [0.15, 0.2) is 6.21 Å². The number of allylic oxidation sites excluding steroid dienone is 1. The lowest BCUT2D eigenvalue weighted by atomic mass is 9.67. The van der Waals surface area contributed by atoms with Gasteiger partial charge in [-0.2, -0.15) is 0 Å². The van der Waals surface area contributed by atoms with E-state index in [1.165, 1.54) is 5.57 Å². The number of hydrogen-bond acceptors (Lipinski definition) is 9. The molecule has 0 radical (unpaired) electrons. The molecule has 10 N–H and O–H groups in total. The maximum Gasteiger partial charge on any atom is 0.176 e. The van der Waals surface area contributed by atoms with E-state index in [1.54, 1.807) is 7.11 Å². The Morgan fingerprint density at radius 3 is 2.54 bits per heavy atom. The third-order valence-electron chi connectivity index (χ3n) is 15.3. The van der Waals surface area contributed by atoms with Crippen molar-refractivity contribution in [2.24, 2.45) is 64.0 Å². The number of ether oxygens (including phenoxy) is 1. The van der Waals surface area contributed by atoms with Crippen LogP contribution in [0.2, 0.25) is 0 Å². The highest BCUT2D eigenvalue weighted by Gasteiger charge is 2.43. The zero-order chi connectivity index (χ0) is 40.3. The Morgan fingerprint density at radius 1 is 0.947 bits per heavy atom. The summed E-state index contributed by atoms with van der Waals surface area (Å²) >= 11 is 0. The summed E-state index contributed by atoms with van der Waals surface area (Å²) in [5.41, 5.74) is 7.63. The Morgan fingerprint density at radius 2 is 1.75 bits per heavy atom. The van der Waals surface area contributed by atoms with Gasteiger partial charge >= 0.3 is 0 Å². The number of hydrogen-bond donors (Lipinski definition) is 7. The third kappa shape index (κ3) is 12.5. The predicted molar refractivity (Wildman–Crippen MR) is 219 cm³/mol. The van der Waals surface area contributed by atoms with E-state index in [9.17, 15) is 30.0 Å². The quantitative estimate of drug-likeness (QED) is 0.0811. The van der Waals surface area contributed by atoms with E-state index >= 15 is 0 Å². The van der Waals surface area contributed by atoms with Crippen LogP contribution < -0.4 is 16.4 Å². The number of aliphatic hydroxyl groups is 4. The highest BCUT2D eigenvalue weighted by atomic mass is 16.5. The summed E-state index contributed by atoms with van der Waals surface area (Å²) in [5.74, 6) is 9.11. The largest absolute Gasteiger partial charge is 0.396 e. The standard InChI is InChI=1S/C46H73N4O7/c1-57-45-22-33-11-16-43(55)39(42(54)6-2-4-30(5-3-19-51)36-21-34-9-14-38(53)24-41(34)49-27-36)15-10-31(40(33)25-44(45)56)7-12-37(52)13-8-32-23-46(47)50-28-35(32)20-29-17-18-48-26-29/h17-18,26,30-37,39-42,44-46,49-52,54,56H,2-9,11-14,16,19-25,27-28,47H2,1H3/q+1/p+2/t30-,31-,32?,33?,34+,35?,36+,37+,39-,40?,41-,42-,44?,45?,46?/m1/s1. The summed E-state index contributed by atoms with van der Waals surface area (Å²) in [4.78, 5) is 30.1. The number of Topliss-reactive ketones (excluding diaryl/α,β-unsaturated/α-hetero) is 2. The molecule has 4 fully saturated rings. The van der Waals surface area contributed by atoms with Crippen molar-refractivity contribution in [3.8, 4) is 11.8 Å². The van der Waals surface area contributed by atoms with Crippen molar-refractivity contribution >= 4 is 17.8 Å². The molecule has 2 saturated carbocycles. The number of piperidine rings is 2. The number of aliphatic hydroxyl groups excluding tert-OH is 4. The minimum atomic E-state index is -0.852. The van der Waals surface area contributed by atoms with E-state index in [-0.39, 0.29) is 42.4 Å². The normalized spacial score (nSPS) is 37.3. The molecule has 3 aliphatic carbocycles. The summed E-state index contributed by atoms with van der Waals surface area (Å²) in [6, 6.07) is 0.419. The van der Waals surface area contributed by atoms with Gasteiger partial charge in [-0.05, 0) is 107 Å². The number of nitrogens with two attached hydrogens (primary N) is 3. The predicted octanol–water partition coefficient (Wildman–Crippen LogP) is 2.20. The van der Waals surface area contributed by atoms with Crippen molar-refractivity contribution in [1.82, 2.24) is 0 Å². The maximum atomic E-state index is 13.8. The number of carbonyl (C=O) groups excluding carboxylic acids is 2. The Kier molecular flexibility index (Phi) is 17.1. The molecular formula is C46H75N4O7+3. The molecule has 0 aromatic carbocycles. The molecule has 318 valence electrons. The van der Waals surface area contributed by atoms with Gasteiger partial charge in [-0.3, -0.25) is 15.3 Å². The van der Waals surface area contributed by atoms with Gasteiger partial charge in [0.2, 0.25) is 0 Å². The molecular weight excluding hydrogens is 721 g/mol. The van der Waals surface area contributed by atoms with Gasteiger partial charge in [0.05, 0.1) is 56.0 Å². The fourth-order valence-corrected chi connectivity index (χ4v) is 11.9. The second kappa shape index (κ2) is 21.9. The minimum Gasteiger partial charge on any atom is -0.396 e. The molecule has 6 aliphatic rings. The second-order valence-electron chi connectivity index (χ2n) is 19.0. The third-order valence-corrected chi connectivity index (χ3v) is 15.3. The Balaban J connectivity index is 1.07. The van der Waals surface area contributed by atoms with E-state index in [0.717, 1.165) is 70.9 Å². The van der Waals surface area contributed by atoms with Crippen molar-refractivity contribution in [2.45, 2.75) is 159 Å². The SMILES string of the molecule is COC1CC2CCC(=O)[C@@H]([C@H](O)CCC[C@H](CCCO)[C@@H]3C[NH2+][C@@H]4CC(=O)CC[C@H]4C3)C#C[C@@H](CC[C@H](O)CCC3CC(N)[NH2+]CC3CC3=C[CH+]N=C3)C2CC1O. The number of nitrogens with zero attached hydrogens (tertiary/aromatic N) is 1. The lowest BCUT2D eigenvalue weighted by Crippen LogP contribution is -2.96. The highest BCUT2D eigenvalue weighted by molar-refractivity contribution is 5.84. The summed E-state index contributed by atoms with van der Waals surface area (Å²) < 4.78 is 5.68. The molecule has 0 spiro atoms. The van der Waals surface area contributed by atoms with Crippen LogP contribution in [0.15, 0.2) is 16.6 Å². The van der Waals surface area contributed by atoms with Crippen molar-refractivity contribution in [2.75, 3.05) is 26.8 Å². The van der Waals surface area contributed by atoms with Crippen LogP contribution in [-0.4, -0.2) is 102 Å². The molecule has 57 heavy (non-hydrogen) atoms. The summed E-state index contributed by atoms with van der Waals surface area (Å²) in [6.45, 7) is 4.02. The van der Waals surface area contributed by atoms with Crippen LogP contribution in [0.4, 0.5) is 0 Å². The number of ketones is 2. The lowest BCUT2D eigenvalue weighted by Gasteiger charge is -2.41. The maximum absolute atomic E-state index is 13.8. The molecule has 11 nitrogen and oxygen atoms in total. The number of rotatable bonds is 18. The topological polar surface area (TPSA) is 196 Å². The fraction of sp³-hybridized carbons (Fsp3) is 0.826. The van der Waals surface area contributed by atoms with Gasteiger partial charge in [-0.25, -0.2) is 0 Å². The molecule has 0 bridgehead atoms. The molecule has 11 heteroatoms. The van der Waals surface area contributed by atoms with Crippen molar-refractivity contribution in [3.63, 3.8) is 0 Å². The number of fused-ring (bicyclic) bond motifs is 2. The van der Waals surface area contributed by atoms with Gasteiger partial charge in [0.1, 0.15) is 35.8 Å². The Labute approximate surface area is 341 Å². The minimum absolute atomic E-state index is 0.00106. The molecule has 7 unspecified atom stereocenters. The van der Waals surface area contributed by atoms with E-state index in [1.807, 2.05) is 12.8 Å². The van der Waals surface area contributed by atoms with Crippen LogP contribution in [0.3, 0.4) is 0 Å². The van der Waals surface area contributed by atoms with Crippen LogP contribution in [-0.2, 0) is 14.3 Å². The number of aliphatic imine (C=N–C) groups is 1. The van der Waals surface area contributed by atoms with Gasteiger partial charge in [-0.15, -0.1) is 4.99 Å². The fourth-order valence-electron chi connectivity index (χ4n) is 11.9. The van der Waals surface area contributed by atoms with E-state index in [0.29, 0.717) is 106 Å². The Bertz CT molecular complexity index is 1430. The van der Waals surface area contributed by atoms with E-state index in [4.69, 9.17) is 10.5 Å². The zero-order valence-corrected chi connectivity index (χ0v) is 34.6. The van der Waals surface area contributed by atoms with Crippen LogP contribution in [0.25, 0.3) is 0 Å². The first-order valence-electron chi connectivity index (χ1n) is 22.8. The Hall–Kier alpha value is -2.14. The molecule has 3 aliphatic heterocycles. The molecule has 3 heterocycles. The van der Waals surface area contributed by atoms with Crippen LogP contribution >= 0.6 is 0 Å². The molecule has 15 atom stereocenters. The molecule has 0 aromatic heterocycles. The number of quaternary nitrogens is 2. The first kappa shape index (κ1) is 44.4. The average molecular weight is 796 g/mol. The van der Waals surface area contributed by atoms with E-state index < -0.39 is 24.2 Å². The van der Waals surface area contributed by atoms with Crippen LogP contribution in [0.5, 0.6) is 0 Å². The molecule has 2 saturated heterocycles. The summed E-state index contributed by atoms with van der Waals surface area (Å²) in [7, 11) is 1.64. The van der Waals surface area contributed by atoms with Gasteiger partial charge in [-0.1, -0.05) is 18.3 Å². The van der Waals surface area contributed by atoms with Gasteiger partial charge in [0, 0.05) is 63.1 Å². The van der Waals surface area contributed by atoms with E-state index in [2.05, 4.69) is 33.5 Å². The van der Waals surface area contributed by atoms with Gasteiger partial charge in [0.25, 0.3) is 0 Å². The smallest absolute Gasteiger partial charge is 0.176 e. The number of methoxy groups -OCH3 is 1. The summed E-state index contributed by atoms with van der Waals surface area (Å²) in [6.07, 6.45) is 16.5. The monoisotopic (exact) mass is 796 g/mol. The van der Waals surface area contributed by atoms with Crippen LogP contribution in [0.1, 0.15) is 122 Å². The average Bonchev–Trinajstić information content (AvgIpc) is 3.74. The lowest BCUT2D eigenvalue weighted by molar-refractivity contribution is -0.712. The van der Waals surface area contributed by atoms with Crippen molar-refractivity contribution in [3.05, 3.63) is 18.2 Å². The number of carbonyl (C=O) groups is 2. The molecule has 0 aromatic rings. The first-order chi connectivity index (χ1) is 27.6. The molecule has 6 rings (SSSR count).